The van der Waals surface area contributed by atoms with E-state index in [0.717, 1.165) is 66.7 Å². The smallest absolute Gasteiger partial charge is 0.294 e. The number of furan rings is 1. The summed E-state index contributed by atoms with van der Waals surface area (Å²) in [4.78, 5) is 0. The highest BCUT2D eigenvalue weighted by Crippen LogP contribution is 2.42. The standard InChI is InChI=1S/C48H44N2O2/c1-29(2)36-15-11-16-37(30(3)4)46(36)50-26-25-49(7)48(50)45-31(5)19-22-38(32(45)6)40-23-20-35(28-43(40)51)34-21-24-44-42(27-34)41-18-12-17-39(47(41)52-44)33-13-9-8-10-14-33/h8-30H,1-7H3/p+1. The number of aromatic hydroxyl groups is 1. The molecule has 4 nitrogen and oxygen atoms in total. The lowest BCUT2D eigenvalue weighted by Crippen LogP contribution is -2.30. The average Bonchev–Trinajstić information content (AvgIpc) is 3.71. The first-order valence-corrected chi connectivity index (χ1v) is 18.3. The third-order valence-electron chi connectivity index (χ3n) is 10.7. The Kier molecular flexibility index (Phi) is 8.34. The van der Waals surface area contributed by atoms with Crippen LogP contribution in [0.5, 0.6) is 5.75 Å². The van der Waals surface area contributed by atoms with Gasteiger partial charge in [0.2, 0.25) is 0 Å². The van der Waals surface area contributed by atoms with E-state index in [0.29, 0.717) is 11.8 Å². The molecule has 0 aliphatic rings. The van der Waals surface area contributed by atoms with Crippen LogP contribution in [0.2, 0.25) is 0 Å². The topological polar surface area (TPSA) is 42.2 Å². The summed E-state index contributed by atoms with van der Waals surface area (Å²) in [5, 5.41) is 13.8. The van der Waals surface area contributed by atoms with Crippen LogP contribution in [0.15, 0.2) is 132 Å². The lowest BCUT2D eigenvalue weighted by molar-refractivity contribution is -0.659. The Bertz CT molecular complexity index is 2590. The highest BCUT2D eigenvalue weighted by Gasteiger charge is 2.29. The summed E-state index contributed by atoms with van der Waals surface area (Å²) in [7, 11) is 2.12. The number of hydrogen-bond acceptors (Lipinski definition) is 2. The van der Waals surface area contributed by atoms with E-state index in [-0.39, 0.29) is 5.75 Å². The number of rotatable bonds is 7. The molecule has 0 aliphatic carbocycles. The second-order valence-corrected chi connectivity index (χ2v) is 14.7. The molecule has 0 aliphatic heterocycles. The molecule has 1 N–H and O–H groups in total. The van der Waals surface area contributed by atoms with E-state index in [9.17, 15) is 5.11 Å². The third-order valence-corrected chi connectivity index (χ3v) is 10.7. The molecule has 52 heavy (non-hydrogen) atoms. The van der Waals surface area contributed by atoms with E-state index < -0.39 is 0 Å². The van der Waals surface area contributed by atoms with Gasteiger partial charge in [-0.3, -0.25) is 0 Å². The molecule has 2 heterocycles. The van der Waals surface area contributed by atoms with Gasteiger partial charge < -0.3 is 9.52 Å². The molecule has 8 rings (SSSR count). The minimum absolute atomic E-state index is 0.255. The Hall–Kier alpha value is -5.87. The van der Waals surface area contributed by atoms with Crippen molar-refractivity contribution in [2.24, 2.45) is 7.05 Å². The number of fused-ring (bicyclic) bond motifs is 3. The summed E-state index contributed by atoms with van der Waals surface area (Å²) in [5.74, 6) is 2.13. The number of phenols is 1. The molecule has 4 heteroatoms. The molecular formula is C48H45N2O2+. The zero-order valence-electron chi connectivity index (χ0n) is 31.0. The Balaban J connectivity index is 1.21. The lowest BCUT2D eigenvalue weighted by atomic mass is 9.90. The van der Waals surface area contributed by atoms with Gasteiger partial charge in [-0.2, -0.15) is 4.57 Å². The quantitative estimate of drug-likeness (QED) is 0.170. The van der Waals surface area contributed by atoms with Gasteiger partial charge in [0, 0.05) is 33.0 Å². The van der Waals surface area contributed by atoms with Crippen LogP contribution in [0.25, 0.3) is 72.4 Å². The van der Waals surface area contributed by atoms with Crippen molar-refractivity contribution in [2.75, 3.05) is 0 Å². The molecule has 6 aromatic carbocycles. The monoisotopic (exact) mass is 681 g/mol. The van der Waals surface area contributed by atoms with Crippen LogP contribution >= 0.6 is 0 Å². The van der Waals surface area contributed by atoms with E-state index in [1.807, 2.05) is 18.2 Å². The predicted octanol–water partition coefficient (Wildman–Crippen LogP) is 12.4. The van der Waals surface area contributed by atoms with Crippen molar-refractivity contribution in [3.63, 3.8) is 0 Å². The van der Waals surface area contributed by atoms with Crippen molar-refractivity contribution in [2.45, 2.75) is 53.4 Å². The van der Waals surface area contributed by atoms with Gasteiger partial charge in [-0.15, -0.1) is 0 Å². The van der Waals surface area contributed by atoms with Crippen LogP contribution in [-0.2, 0) is 7.05 Å². The molecule has 0 amide bonds. The molecule has 0 radical (unpaired) electrons. The van der Waals surface area contributed by atoms with Crippen LogP contribution in [0.1, 0.15) is 61.8 Å². The van der Waals surface area contributed by atoms with Crippen LogP contribution in [0.3, 0.4) is 0 Å². The van der Waals surface area contributed by atoms with Gasteiger partial charge in [0.15, 0.2) is 0 Å². The van der Waals surface area contributed by atoms with Crippen LogP contribution < -0.4 is 4.57 Å². The van der Waals surface area contributed by atoms with Crippen LogP contribution in [-0.4, -0.2) is 9.67 Å². The summed E-state index contributed by atoms with van der Waals surface area (Å²) < 4.78 is 11.0. The Morgan fingerprint density at radius 1 is 0.635 bits per heavy atom. The molecule has 2 aromatic heterocycles. The largest absolute Gasteiger partial charge is 0.507 e. The third kappa shape index (κ3) is 5.50. The summed E-state index contributed by atoms with van der Waals surface area (Å²) in [5.41, 5.74) is 15.2. The molecule has 0 atom stereocenters. The maximum atomic E-state index is 11.7. The molecule has 258 valence electrons. The molecule has 0 bridgehead atoms. The molecule has 8 aromatic rings. The van der Waals surface area contributed by atoms with Crippen molar-refractivity contribution in [3.05, 3.63) is 150 Å². The number of aromatic nitrogens is 2. The minimum Gasteiger partial charge on any atom is -0.507 e. The van der Waals surface area contributed by atoms with E-state index in [1.165, 1.54) is 27.9 Å². The predicted molar refractivity (Wildman–Crippen MR) is 215 cm³/mol. The zero-order valence-corrected chi connectivity index (χ0v) is 31.0. The van der Waals surface area contributed by atoms with Gasteiger partial charge in [0.05, 0.1) is 12.6 Å². The summed E-state index contributed by atoms with van der Waals surface area (Å²) in [6.45, 7) is 13.4. The van der Waals surface area contributed by atoms with Gasteiger partial charge in [-0.25, -0.2) is 4.57 Å². The summed E-state index contributed by atoms with van der Waals surface area (Å²) in [6, 6.07) is 40.1. The maximum Gasteiger partial charge on any atom is 0.294 e. The Morgan fingerprint density at radius 3 is 2.02 bits per heavy atom. The van der Waals surface area contributed by atoms with Gasteiger partial charge in [0.25, 0.3) is 5.82 Å². The van der Waals surface area contributed by atoms with Crippen molar-refractivity contribution in [1.29, 1.82) is 0 Å². The second-order valence-electron chi connectivity index (χ2n) is 14.7. The van der Waals surface area contributed by atoms with Crippen LogP contribution in [0, 0.1) is 13.8 Å². The average molecular weight is 682 g/mol. The highest BCUT2D eigenvalue weighted by molar-refractivity contribution is 6.10. The summed E-state index contributed by atoms with van der Waals surface area (Å²) in [6.07, 6.45) is 4.35. The number of hydrogen-bond donors (Lipinski definition) is 1. The van der Waals surface area contributed by atoms with Crippen LogP contribution in [0.4, 0.5) is 0 Å². The number of para-hydroxylation sites is 2. The Labute approximate surface area is 306 Å². The number of nitrogens with zero attached hydrogens (tertiary/aromatic N) is 2. The molecule has 0 fully saturated rings. The molecule has 0 spiro atoms. The van der Waals surface area contributed by atoms with Crippen molar-refractivity contribution in [3.8, 4) is 56.2 Å². The van der Waals surface area contributed by atoms with Gasteiger partial charge in [-0.05, 0) is 77.3 Å². The fraction of sp³-hybridized carbons (Fsp3) is 0.188. The summed E-state index contributed by atoms with van der Waals surface area (Å²) >= 11 is 0. The van der Waals surface area contributed by atoms with Gasteiger partial charge >= 0.3 is 0 Å². The maximum absolute atomic E-state index is 11.7. The Morgan fingerprint density at radius 2 is 1.31 bits per heavy atom. The molecule has 0 saturated heterocycles. The molecule has 0 saturated carbocycles. The highest BCUT2D eigenvalue weighted by atomic mass is 16.3. The van der Waals surface area contributed by atoms with Crippen molar-refractivity contribution >= 4 is 21.9 Å². The van der Waals surface area contributed by atoms with Gasteiger partial charge in [-0.1, -0.05) is 125 Å². The van der Waals surface area contributed by atoms with Crippen molar-refractivity contribution in [1.82, 2.24) is 4.57 Å². The number of imidazole rings is 1. The van der Waals surface area contributed by atoms with E-state index in [4.69, 9.17) is 4.42 Å². The molecule has 0 unspecified atom stereocenters. The fourth-order valence-corrected chi connectivity index (χ4v) is 7.99. The first-order valence-electron chi connectivity index (χ1n) is 18.3. The second kappa shape index (κ2) is 13.0. The minimum atomic E-state index is 0.255. The van der Waals surface area contributed by atoms with E-state index in [2.05, 4.69) is 167 Å². The first-order chi connectivity index (χ1) is 25.1. The number of aryl methyl sites for hydroxylation is 2. The molecular weight excluding hydrogens is 637 g/mol. The number of phenolic OH excluding ortho intramolecular Hbond substituents is 1. The van der Waals surface area contributed by atoms with Gasteiger partial charge in [0.1, 0.15) is 35.0 Å². The lowest BCUT2D eigenvalue weighted by Gasteiger charge is -2.19. The van der Waals surface area contributed by atoms with E-state index >= 15 is 0 Å². The normalized spacial score (nSPS) is 11.8. The fourth-order valence-electron chi connectivity index (χ4n) is 7.99. The SMILES string of the molecule is Cc1ccc(-c2ccc(-c3ccc4oc5c(-c6ccccc6)cccc5c4c3)cc2O)c(C)c1-c1n(-c2c(C(C)C)cccc2C(C)C)cc[n+]1C. The van der Waals surface area contributed by atoms with E-state index in [1.54, 1.807) is 0 Å². The number of benzene rings is 6. The first kappa shape index (κ1) is 33.3. The zero-order chi connectivity index (χ0) is 36.3. The van der Waals surface area contributed by atoms with Crippen molar-refractivity contribution < 1.29 is 14.1 Å².